The Morgan fingerprint density at radius 2 is 2.00 bits per heavy atom. The number of benzene rings is 1. The Kier molecular flexibility index (Phi) is 4.55. The zero-order chi connectivity index (χ0) is 12.1. The first-order valence-corrected chi connectivity index (χ1v) is 6.66. The van der Waals surface area contributed by atoms with Crippen molar-refractivity contribution in [2.24, 2.45) is 5.92 Å². The molecule has 1 aromatic carbocycles. The van der Waals surface area contributed by atoms with Crippen molar-refractivity contribution >= 4 is 0 Å². The zero-order valence-electron chi connectivity index (χ0n) is 10.2. The molecular formula is C15H21FO. The maximum absolute atomic E-state index is 13.0. The van der Waals surface area contributed by atoms with E-state index < -0.39 is 0 Å². The number of aliphatic hydroxyl groups is 1. The predicted octanol–water partition coefficient (Wildman–Crippen LogP) is 3.70. The highest BCUT2D eigenvalue weighted by Gasteiger charge is 2.17. The smallest absolute Gasteiger partial charge is 0.123 e. The maximum atomic E-state index is 13.0. The van der Waals surface area contributed by atoms with E-state index in [9.17, 15) is 9.50 Å². The van der Waals surface area contributed by atoms with Crippen molar-refractivity contribution in [3.05, 3.63) is 35.6 Å². The molecule has 2 heteroatoms. The van der Waals surface area contributed by atoms with Gasteiger partial charge < -0.3 is 5.11 Å². The SMILES string of the molecule is OC(Cc1cccc(F)c1)CC1CCCCC1. The minimum Gasteiger partial charge on any atom is -0.393 e. The lowest BCUT2D eigenvalue weighted by atomic mass is 9.84. The van der Waals surface area contributed by atoms with Crippen molar-refractivity contribution in [3.63, 3.8) is 0 Å². The number of halogens is 1. The average molecular weight is 236 g/mol. The molecule has 17 heavy (non-hydrogen) atoms. The fraction of sp³-hybridized carbons (Fsp3) is 0.600. The Morgan fingerprint density at radius 3 is 2.71 bits per heavy atom. The van der Waals surface area contributed by atoms with Crippen molar-refractivity contribution in [2.45, 2.75) is 51.0 Å². The number of hydrogen-bond acceptors (Lipinski definition) is 1. The molecule has 0 spiro atoms. The summed E-state index contributed by atoms with van der Waals surface area (Å²) in [6.07, 6.45) is 7.58. The van der Waals surface area contributed by atoms with E-state index in [-0.39, 0.29) is 11.9 Å². The molecule has 1 fully saturated rings. The highest BCUT2D eigenvalue weighted by atomic mass is 19.1. The summed E-state index contributed by atoms with van der Waals surface area (Å²) < 4.78 is 13.0. The van der Waals surface area contributed by atoms with Crippen LogP contribution in [0.3, 0.4) is 0 Å². The normalized spacial score (nSPS) is 19.2. The first-order chi connectivity index (χ1) is 8.24. The van der Waals surface area contributed by atoms with Crippen LogP contribution in [-0.4, -0.2) is 11.2 Å². The lowest BCUT2D eigenvalue weighted by molar-refractivity contribution is 0.130. The van der Waals surface area contributed by atoms with Gasteiger partial charge in [0.25, 0.3) is 0 Å². The van der Waals surface area contributed by atoms with Crippen LogP contribution in [0.2, 0.25) is 0 Å². The van der Waals surface area contributed by atoms with Crippen LogP contribution < -0.4 is 0 Å². The quantitative estimate of drug-likeness (QED) is 0.845. The number of aliphatic hydroxyl groups excluding tert-OH is 1. The minimum absolute atomic E-state index is 0.215. The van der Waals surface area contributed by atoms with Gasteiger partial charge in [0.15, 0.2) is 0 Å². The summed E-state index contributed by atoms with van der Waals surface area (Å²) in [5.74, 6) is 0.458. The maximum Gasteiger partial charge on any atom is 0.123 e. The second kappa shape index (κ2) is 6.15. The van der Waals surface area contributed by atoms with Crippen LogP contribution >= 0.6 is 0 Å². The van der Waals surface area contributed by atoms with Crippen molar-refractivity contribution in [3.8, 4) is 0 Å². The van der Waals surface area contributed by atoms with Gasteiger partial charge in [0, 0.05) is 0 Å². The molecule has 0 radical (unpaired) electrons. The van der Waals surface area contributed by atoms with E-state index in [1.54, 1.807) is 6.07 Å². The summed E-state index contributed by atoms with van der Waals surface area (Å²) >= 11 is 0. The fourth-order valence-corrected chi connectivity index (χ4v) is 2.83. The van der Waals surface area contributed by atoms with Gasteiger partial charge in [0.05, 0.1) is 6.10 Å². The molecule has 1 aliphatic rings. The third-order valence-corrected chi connectivity index (χ3v) is 3.69. The molecule has 1 aliphatic carbocycles. The summed E-state index contributed by atoms with van der Waals surface area (Å²) in [5, 5.41) is 10.0. The average Bonchev–Trinajstić information content (AvgIpc) is 2.30. The molecule has 0 bridgehead atoms. The predicted molar refractivity (Wildman–Crippen MR) is 67.3 cm³/mol. The Hall–Kier alpha value is -0.890. The molecule has 0 aliphatic heterocycles. The van der Waals surface area contributed by atoms with Gasteiger partial charge in [-0.1, -0.05) is 44.2 Å². The summed E-state index contributed by atoms with van der Waals surface area (Å²) in [6, 6.07) is 6.55. The first kappa shape index (κ1) is 12.6. The van der Waals surface area contributed by atoms with E-state index in [0.717, 1.165) is 12.0 Å². The van der Waals surface area contributed by atoms with Crippen molar-refractivity contribution in [2.75, 3.05) is 0 Å². The van der Waals surface area contributed by atoms with E-state index >= 15 is 0 Å². The van der Waals surface area contributed by atoms with Gasteiger partial charge in [0.1, 0.15) is 5.82 Å². The highest BCUT2D eigenvalue weighted by Crippen LogP contribution is 2.28. The van der Waals surface area contributed by atoms with E-state index in [2.05, 4.69) is 0 Å². The largest absolute Gasteiger partial charge is 0.393 e. The van der Waals surface area contributed by atoms with Gasteiger partial charge in [-0.3, -0.25) is 0 Å². The van der Waals surface area contributed by atoms with Gasteiger partial charge in [0.2, 0.25) is 0 Å². The number of hydrogen-bond donors (Lipinski definition) is 1. The minimum atomic E-state index is -0.320. The zero-order valence-corrected chi connectivity index (χ0v) is 10.2. The topological polar surface area (TPSA) is 20.2 Å². The Balaban J connectivity index is 1.82. The van der Waals surface area contributed by atoms with Gasteiger partial charge in [-0.25, -0.2) is 4.39 Å². The molecule has 1 N–H and O–H groups in total. The van der Waals surface area contributed by atoms with Crippen LogP contribution in [0.5, 0.6) is 0 Å². The lowest BCUT2D eigenvalue weighted by Gasteiger charge is -2.24. The first-order valence-electron chi connectivity index (χ1n) is 6.66. The molecule has 0 aromatic heterocycles. The molecule has 94 valence electrons. The Labute approximate surface area is 103 Å². The molecule has 1 unspecified atom stereocenters. The molecule has 1 aromatic rings. The molecule has 1 atom stereocenters. The van der Waals surface area contributed by atoms with Crippen LogP contribution in [0.25, 0.3) is 0 Å². The van der Waals surface area contributed by atoms with Crippen LogP contribution in [0.15, 0.2) is 24.3 Å². The second-order valence-electron chi connectivity index (χ2n) is 5.23. The summed E-state index contributed by atoms with van der Waals surface area (Å²) in [5.41, 5.74) is 0.897. The molecule has 0 heterocycles. The van der Waals surface area contributed by atoms with E-state index in [4.69, 9.17) is 0 Å². The van der Waals surface area contributed by atoms with Crippen LogP contribution in [-0.2, 0) is 6.42 Å². The standard InChI is InChI=1S/C15H21FO/c16-14-8-4-7-13(9-14)11-15(17)10-12-5-2-1-3-6-12/h4,7-9,12,15,17H,1-3,5-6,10-11H2. The van der Waals surface area contributed by atoms with Gasteiger partial charge in [-0.15, -0.1) is 0 Å². The fourth-order valence-electron chi connectivity index (χ4n) is 2.83. The summed E-state index contributed by atoms with van der Waals surface area (Å²) in [6.45, 7) is 0. The van der Waals surface area contributed by atoms with Gasteiger partial charge in [-0.05, 0) is 36.5 Å². The van der Waals surface area contributed by atoms with Crippen molar-refractivity contribution < 1.29 is 9.50 Å². The molecular weight excluding hydrogens is 215 g/mol. The lowest BCUT2D eigenvalue weighted by Crippen LogP contribution is -2.18. The van der Waals surface area contributed by atoms with Gasteiger partial charge >= 0.3 is 0 Å². The highest BCUT2D eigenvalue weighted by molar-refractivity contribution is 5.17. The van der Waals surface area contributed by atoms with Crippen LogP contribution in [0, 0.1) is 11.7 Å². The van der Waals surface area contributed by atoms with E-state index in [1.165, 1.54) is 44.2 Å². The molecule has 0 saturated heterocycles. The summed E-state index contributed by atoms with van der Waals surface area (Å²) in [4.78, 5) is 0. The van der Waals surface area contributed by atoms with Crippen LogP contribution in [0.1, 0.15) is 44.1 Å². The molecule has 2 rings (SSSR count). The second-order valence-corrected chi connectivity index (χ2v) is 5.23. The van der Waals surface area contributed by atoms with Crippen molar-refractivity contribution in [1.29, 1.82) is 0 Å². The monoisotopic (exact) mass is 236 g/mol. The van der Waals surface area contributed by atoms with Crippen molar-refractivity contribution in [1.82, 2.24) is 0 Å². The summed E-state index contributed by atoms with van der Waals surface area (Å²) in [7, 11) is 0. The van der Waals surface area contributed by atoms with E-state index in [1.807, 2.05) is 6.07 Å². The number of rotatable bonds is 4. The Bertz CT molecular complexity index is 345. The van der Waals surface area contributed by atoms with Gasteiger partial charge in [-0.2, -0.15) is 0 Å². The molecule has 1 saturated carbocycles. The molecule has 0 amide bonds. The third kappa shape index (κ3) is 4.12. The molecule has 1 nitrogen and oxygen atoms in total. The van der Waals surface area contributed by atoms with Crippen LogP contribution in [0.4, 0.5) is 4.39 Å². The Morgan fingerprint density at radius 1 is 1.24 bits per heavy atom. The van der Waals surface area contributed by atoms with E-state index in [0.29, 0.717) is 12.3 Å². The third-order valence-electron chi connectivity index (χ3n) is 3.69.